The van der Waals surface area contributed by atoms with Gasteiger partial charge in [0.2, 0.25) is 0 Å². The minimum atomic E-state index is 0. The molecule has 0 unspecified atom stereocenters. The molecule has 0 N–H and O–H groups in total. The third-order valence-electron chi connectivity index (χ3n) is 5.02. The summed E-state index contributed by atoms with van der Waals surface area (Å²) in [6, 6.07) is 25.2. The second-order valence-electron chi connectivity index (χ2n) is 9.28. The van der Waals surface area contributed by atoms with Crippen LogP contribution in [0, 0.1) is 6.07 Å². The van der Waals surface area contributed by atoms with Crippen molar-refractivity contribution < 1.29 is 26.2 Å². The molecule has 0 saturated heterocycles. The predicted molar refractivity (Wildman–Crippen MR) is 113 cm³/mol. The number of hydrogen-bond donors (Lipinski definition) is 0. The van der Waals surface area contributed by atoms with Crippen molar-refractivity contribution in [1.29, 1.82) is 0 Å². The van der Waals surface area contributed by atoms with Crippen molar-refractivity contribution in [3.8, 4) is 11.1 Å². The predicted octanol–water partition coefficient (Wildman–Crippen LogP) is 7.06. The minimum absolute atomic E-state index is 0. The van der Waals surface area contributed by atoms with Gasteiger partial charge in [-0.25, -0.2) is 12.1 Å². The summed E-state index contributed by atoms with van der Waals surface area (Å²) < 4.78 is 0. The fourth-order valence-corrected chi connectivity index (χ4v) is 3.35. The Morgan fingerprint density at radius 2 is 1.44 bits per heavy atom. The molecule has 1 aliphatic rings. The summed E-state index contributed by atoms with van der Waals surface area (Å²) in [5, 5.41) is 0. The van der Waals surface area contributed by atoms with Gasteiger partial charge in [0, 0.05) is 0 Å². The van der Waals surface area contributed by atoms with E-state index in [-0.39, 0.29) is 37.0 Å². The van der Waals surface area contributed by atoms with E-state index in [9.17, 15) is 0 Å². The Morgan fingerprint density at radius 3 is 1.96 bits per heavy atom. The van der Waals surface area contributed by atoms with Crippen molar-refractivity contribution in [3.63, 3.8) is 0 Å². The molecule has 4 rings (SSSR count). The fourth-order valence-electron chi connectivity index (χ4n) is 3.35. The molecule has 0 bridgehead atoms. The van der Waals surface area contributed by atoms with Crippen molar-refractivity contribution in [2.24, 2.45) is 0 Å². The third kappa shape index (κ3) is 5.14. The van der Waals surface area contributed by atoms with Gasteiger partial charge in [-0.1, -0.05) is 65.3 Å². The molecule has 0 atom stereocenters. The zero-order valence-corrected chi connectivity index (χ0v) is 19.9. The first-order chi connectivity index (χ1) is 12.2. The molecule has 0 fully saturated rings. The van der Waals surface area contributed by atoms with Gasteiger partial charge in [-0.05, 0) is 28.4 Å². The van der Waals surface area contributed by atoms with Crippen LogP contribution in [0.25, 0.3) is 11.1 Å². The van der Waals surface area contributed by atoms with E-state index in [1.54, 1.807) is 0 Å². The summed E-state index contributed by atoms with van der Waals surface area (Å²) in [6.07, 6.45) is 1.03. The van der Waals surface area contributed by atoms with Gasteiger partial charge in [0.25, 0.3) is 0 Å². The molecular weight excluding hydrogens is 404 g/mol. The van der Waals surface area contributed by atoms with Crippen LogP contribution >= 0.6 is 0 Å². The van der Waals surface area contributed by atoms with Crippen LogP contribution in [-0.2, 0) is 43.5 Å². The Hall–Kier alpha value is -1.33. The van der Waals surface area contributed by atoms with Crippen molar-refractivity contribution in [1.82, 2.24) is 0 Å². The average molecular weight is 434 g/mol. The van der Waals surface area contributed by atoms with Gasteiger partial charge in [-0.2, -0.15) is 42.0 Å². The first-order valence-electron chi connectivity index (χ1n) is 9.52. The van der Waals surface area contributed by atoms with Gasteiger partial charge in [-0.3, -0.25) is 0 Å². The molecule has 0 spiro atoms. The average Bonchev–Trinajstić information content (AvgIpc) is 3.23. The van der Waals surface area contributed by atoms with Crippen LogP contribution in [0.4, 0.5) is 0 Å². The van der Waals surface area contributed by atoms with Crippen molar-refractivity contribution in [3.05, 3.63) is 89.0 Å². The smallest absolute Gasteiger partial charge is 0.214 e. The molecule has 1 aliphatic carbocycles. The van der Waals surface area contributed by atoms with E-state index in [0.717, 1.165) is 6.42 Å². The normalized spacial score (nSPS) is 12.4. The topological polar surface area (TPSA) is 0 Å². The second-order valence-corrected chi connectivity index (χ2v) is 9.28. The first kappa shape index (κ1) is 22.0. The number of fused-ring (bicyclic) bond motifs is 3. The summed E-state index contributed by atoms with van der Waals surface area (Å²) >= 11 is 0. The molecule has 0 aliphatic heterocycles. The Balaban J connectivity index is 0.000000379. The summed E-state index contributed by atoms with van der Waals surface area (Å²) in [6.45, 7) is 13.6. The van der Waals surface area contributed by atoms with Gasteiger partial charge in [-0.15, -0.1) is 11.1 Å². The molecule has 27 heavy (non-hydrogen) atoms. The number of hydrogen-bond acceptors (Lipinski definition) is 0. The van der Waals surface area contributed by atoms with Gasteiger partial charge in [0.05, 0.1) is 0 Å². The monoisotopic (exact) mass is 432 g/mol. The molecular formula is C26H30Zr. The van der Waals surface area contributed by atoms with E-state index in [1.807, 2.05) is 30.3 Å². The maximum Gasteiger partial charge on any atom is 2.00 e. The standard InChI is InChI=1S/C21H25.C5H5.Zr/c1-20(2,3)16-7-9-18-14(12-16)11-15-13-17(21(4,5)6)8-10-19(15)18;1-2-4-5-3-1;/h7-10,12H,11H2,1-6H3;1-5H;/q2*-1;+2. The summed E-state index contributed by atoms with van der Waals surface area (Å²) in [7, 11) is 0. The first-order valence-corrected chi connectivity index (χ1v) is 9.52. The molecule has 138 valence electrons. The Bertz CT molecular complexity index is 793. The van der Waals surface area contributed by atoms with Crippen molar-refractivity contribution in [2.45, 2.75) is 58.8 Å². The Kier molecular flexibility index (Phi) is 6.80. The van der Waals surface area contributed by atoms with Crippen LogP contribution in [0.1, 0.15) is 63.8 Å². The Labute approximate surface area is 184 Å². The van der Waals surface area contributed by atoms with E-state index in [2.05, 4.69) is 77.9 Å². The quantitative estimate of drug-likeness (QED) is 0.260. The van der Waals surface area contributed by atoms with Gasteiger partial charge in [0.1, 0.15) is 0 Å². The Morgan fingerprint density at radius 1 is 0.815 bits per heavy atom. The summed E-state index contributed by atoms with van der Waals surface area (Å²) in [5.41, 5.74) is 8.70. The van der Waals surface area contributed by atoms with Crippen LogP contribution in [0.3, 0.4) is 0 Å². The van der Waals surface area contributed by atoms with Crippen LogP contribution < -0.4 is 0 Å². The van der Waals surface area contributed by atoms with Crippen molar-refractivity contribution in [2.75, 3.05) is 0 Å². The maximum absolute atomic E-state index is 3.67. The van der Waals surface area contributed by atoms with Crippen LogP contribution in [0.2, 0.25) is 0 Å². The van der Waals surface area contributed by atoms with E-state index in [1.165, 1.54) is 33.4 Å². The molecule has 3 aromatic carbocycles. The molecule has 0 saturated carbocycles. The third-order valence-corrected chi connectivity index (χ3v) is 5.02. The molecule has 0 aromatic heterocycles. The number of benzene rings is 2. The second kappa shape index (κ2) is 8.36. The van der Waals surface area contributed by atoms with E-state index < -0.39 is 0 Å². The van der Waals surface area contributed by atoms with Crippen LogP contribution in [0.15, 0.2) is 60.7 Å². The van der Waals surface area contributed by atoms with Gasteiger partial charge >= 0.3 is 26.2 Å². The summed E-state index contributed by atoms with van der Waals surface area (Å²) in [4.78, 5) is 0. The van der Waals surface area contributed by atoms with Gasteiger partial charge < -0.3 is 0 Å². The molecule has 0 nitrogen and oxygen atoms in total. The van der Waals surface area contributed by atoms with Gasteiger partial charge in [0.15, 0.2) is 0 Å². The maximum atomic E-state index is 3.67. The van der Waals surface area contributed by atoms with Crippen molar-refractivity contribution >= 4 is 0 Å². The molecule has 0 heterocycles. The SMILES string of the molecule is CC(C)(C)c1[c-]c2c(cc1)-c1ccc(C(C)(C)C)cc1C2.[Zr+2].c1cc[cH-]c1. The molecule has 0 amide bonds. The van der Waals surface area contributed by atoms with Crippen LogP contribution in [-0.4, -0.2) is 0 Å². The zero-order chi connectivity index (χ0) is 18.9. The molecule has 0 radical (unpaired) electrons. The van der Waals surface area contributed by atoms with E-state index in [0.29, 0.717) is 0 Å². The fraction of sp³-hybridized carbons (Fsp3) is 0.346. The largest absolute Gasteiger partial charge is 2.00 e. The van der Waals surface area contributed by atoms with E-state index >= 15 is 0 Å². The summed E-state index contributed by atoms with van der Waals surface area (Å²) in [5.74, 6) is 0. The van der Waals surface area contributed by atoms with E-state index in [4.69, 9.17) is 0 Å². The van der Waals surface area contributed by atoms with Crippen LogP contribution in [0.5, 0.6) is 0 Å². The molecule has 3 aromatic rings. The zero-order valence-electron chi connectivity index (χ0n) is 17.5. The number of rotatable bonds is 0. The molecule has 1 heteroatoms. The minimum Gasteiger partial charge on any atom is -0.214 e.